The number of amides is 1. The molecule has 1 amide bonds. The Balaban J connectivity index is 2.28. The topological polar surface area (TPSA) is 57.7 Å². The van der Waals surface area contributed by atoms with Crippen LogP contribution >= 0.6 is 27.5 Å². The number of nitrogens with zero attached hydrogens (tertiary/aromatic N) is 2. The van der Waals surface area contributed by atoms with E-state index < -0.39 is 10.0 Å². The molecule has 0 atom stereocenters. The summed E-state index contributed by atoms with van der Waals surface area (Å²) in [5.41, 5.74) is 1.23. The SMILES string of the molecule is CN(Cc1ccc(Cl)cc1)C(=O)c1ccc(Br)c(S(=O)(=O)N(C)C)c1. The lowest BCUT2D eigenvalue weighted by atomic mass is 10.1. The van der Waals surface area contributed by atoms with Crippen molar-refractivity contribution in [2.45, 2.75) is 11.4 Å². The Morgan fingerprint density at radius 3 is 2.24 bits per heavy atom. The van der Waals surface area contributed by atoms with Crippen LogP contribution in [0.5, 0.6) is 0 Å². The molecule has 0 saturated heterocycles. The summed E-state index contributed by atoms with van der Waals surface area (Å²) in [5.74, 6) is -0.266. The molecular weight excluding hydrogens is 428 g/mol. The minimum Gasteiger partial charge on any atom is -0.337 e. The summed E-state index contributed by atoms with van der Waals surface area (Å²) in [6.45, 7) is 0.391. The van der Waals surface area contributed by atoms with E-state index in [2.05, 4.69) is 15.9 Å². The molecule has 8 heteroatoms. The van der Waals surface area contributed by atoms with Gasteiger partial charge in [0.25, 0.3) is 5.91 Å². The Morgan fingerprint density at radius 1 is 1.08 bits per heavy atom. The molecule has 5 nitrogen and oxygen atoms in total. The van der Waals surface area contributed by atoms with Gasteiger partial charge in [-0.05, 0) is 51.8 Å². The highest BCUT2D eigenvalue weighted by Crippen LogP contribution is 2.26. The van der Waals surface area contributed by atoms with Gasteiger partial charge in [-0.25, -0.2) is 12.7 Å². The quantitative estimate of drug-likeness (QED) is 0.706. The van der Waals surface area contributed by atoms with Crippen molar-refractivity contribution in [1.29, 1.82) is 0 Å². The molecule has 134 valence electrons. The highest BCUT2D eigenvalue weighted by molar-refractivity contribution is 9.10. The first-order chi connectivity index (χ1) is 11.6. The molecular formula is C17H18BrClN2O3S. The summed E-state index contributed by atoms with van der Waals surface area (Å²) in [4.78, 5) is 14.2. The molecule has 0 aliphatic rings. The minimum absolute atomic E-state index is 0.0586. The number of carbonyl (C=O) groups excluding carboxylic acids is 1. The second kappa shape index (κ2) is 7.86. The summed E-state index contributed by atoms with van der Waals surface area (Å²) in [6, 6.07) is 11.8. The zero-order valence-corrected chi connectivity index (χ0v) is 17.2. The van der Waals surface area contributed by atoms with Crippen molar-refractivity contribution in [2.75, 3.05) is 21.1 Å². The largest absolute Gasteiger partial charge is 0.337 e. The van der Waals surface area contributed by atoms with Crippen LogP contribution in [0.4, 0.5) is 0 Å². The molecule has 2 aromatic rings. The Morgan fingerprint density at radius 2 is 1.68 bits per heavy atom. The molecule has 0 saturated carbocycles. The number of hydrogen-bond donors (Lipinski definition) is 0. The molecule has 0 aliphatic heterocycles. The van der Waals surface area contributed by atoms with Crippen molar-refractivity contribution in [3.05, 3.63) is 63.1 Å². The van der Waals surface area contributed by atoms with E-state index in [1.165, 1.54) is 25.1 Å². The molecule has 2 aromatic carbocycles. The number of benzene rings is 2. The van der Waals surface area contributed by atoms with E-state index in [0.29, 0.717) is 21.6 Å². The molecule has 0 spiro atoms. The van der Waals surface area contributed by atoms with Gasteiger partial charge >= 0.3 is 0 Å². The number of rotatable bonds is 5. The van der Waals surface area contributed by atoms with Gasteiger partial charge in [-0.2, -0.15) is 0 Å². The fourth-order valence-corrected chi connectivity index (χ4v) is 4.16. The number of sulfonamides is 1. The van der Waals surface area contributed by atoms with Crippen LogP contribution in [0.25, 0.3) is 0 Å². The number of halogens is 2. The van der Waals surface area contributed by atoms with Crippen LogP contribution in [0.3, 0.4) is 0 Å². The Bertz CT molecular complexity index is 883. The van der Waals surface area contributed by atoms with Crippen LogP contribution in [0.1, 0.15) is 15.9 Å². The smallest absolute Gasteiger partial charge is 0.253 e. The number of carbonyl (C=O) groups is 1. The highest BCUT2D eigenvalue weighted by Gasteiger charge is 2.23. The van der Waals surface area contributed by atoms with Crippen LogP contribution in [0, 0.1) is 0 Å². The van der Waals surface area contributed by atoms with Crippen LogP contribution in [-0.2, 0) is 16.6 Å². The summed E-state index contributed by atoms with van der Waals surface area (Å²) >= 11 is 9.10. The second-order valence-corrected chi connectivity index (χ2v) is 9.13. The van der Waals surface area contributed by atoms with E-state index in [0.717, 1.165) is 9.87 Å². The van der Waals surface area contributed by atoms with Crippen LogP contribution in [0.2, 0.25) is 5.02 Å². The lowest BCUT2D eigenvalue weighted by Crippen LogP contribution is -2.27. The monoisotopic (exact) mass is 444 g/mol. The fraction of sp³-hybridized carbons (Fsp3) is 0.235. The molecule has 0 aromatic heterocycles. The fourth-order valence-electron chi connectivity index (χ4n) is 2.19. The molecule has 0 N–H and O–H groups in total. The van der Waals surface area contributed by atoms with E-state index >= 15 is 0 Å². The molecule has 25 heavy (non-hydrogen) atoms. The third-order valence-corrected chi connectivity index (χ3v) is 6.68. The molecule has 2 rings (SSSR count). The van der Waals surface area contributed by atoms with Gasteiger partial charge in [-0.15, -0.1) is 0 Å². The molecule has 0 heterocycles. The molecule has 0 aliphatic carbocycles. The minimum atomic E-state index is -3.65. The first-order valence-electron chi connectivity index (χ1n) is 7.35. The predicted molar refractivity (Wildman–Crippen MR) is 102 cm³/mol. The van der Waals surface area contributed by atoms with Gasteiger partial charge < -0.3 is 4.90 Å². The van der Waals surface area contributed by atoms with Crippen LogP contribution < -0.4 is 0 Å². The average Bonchev–Trinajstić information content (AvgIpc) is 2.56. The summed E-state index contributed by atoms with van der Waals surface area (Å²) < 4.78 is 26.3. The van der Waals surface area contributed by atoms with Gasteiger partial charge in [0, 0.05) is 42.7 Å². The van der Waals surface area contributed by atoms with E-state index in [9.17, 15) is 13.2 Å². The zero-order chi connectivity index (χ0) is 18.8. The van der Waals surface area contributed by atoms with E-state index in [4.69, 9.17) is 11.6 Å². The van der Waals surface area contributed by atoms with Crippen molar-refractivity contribution in [2.24, 2.45) is 0 Å². The van der Waals surface area contributed by atoms with Crippen molar-refractivity contribution in [3.63, 3.8) is 0 Å². The van der Waals surface area contributed by atoms with Gasteiger partial charge in [0.2, 0.25) is 10.0 Å². The van der Waals surface area contributed by atoms with E-state index in [1.54, 1.807) is 31.3 Å². The molecule has 0 unspecified atom stereocenters. The van der Waals surface area contributed by atoms with E-state index in [1.807, 2.05) is 12.1 Å². The maximum Gasteiger partial charge on any atom is 0.253 e. The third kappa shape index (κ3) is 4.61. The molecule has 0 bridgehead atoms. The summed E-state index contributed by atoms with van der Waals surface area (Å²) in [6.07, 6.45) is 0. The van der Waals surface area contributed by atoms with Crippen molar-refractivity contribution < 1.29 is 13.2 Å². The van der Waals surface area contributed by atoms with Gasteiger partial charge in [0.15, 0.2) is 0 Å². The Labute approximate surface area is 161 Å². The molecule has 0 fully saturated rings. The standard InChI is InChI=1S/C17H18BrClN2O3S/c1-20(2)25(23,24)16-10-13(6-9-15(16)18)17(22)21(3)11-12-4-7-14(19)8-5-12/h4-10H,11H2,1-3H3. The third-order valence-electron chi connectivity index (χ3n) is 3.62. The van der Waals surface area contributed by atoms with Crippen LogP contribution in [0.15, 0.2) is 51.8 Å². The Kier molecular flexibility index (Phi) is 6.26. The summed E-state index contributed by atoms with van der Waals surface area (Å²) in [7, 11) is 0.909. The van der Waals surface area contributed by atoms with Crippen LogP contribution in [-0.4, -0.2) is 44.7 Å². The maximum absolute atomic E-state index is 12.7. The van der Waals surface area contributed by atoms with Gasteiger partial charge in [-0.1, -0.05) is 23.7 Å². The predicted octanol–water partition coefficient (Wildman–Crippen LogP) is 3.63. The number of hydrogen-bond acceptors (Lipinski definition) is 3. The average molecular weight is 446 g/mol. The van der Waals surface area contributed by atoms with Gasteiger partial charge in [-0.3, -0.25) is 4.79 Å². The lowest BCUT2D eigenvalue weighted by molar-refractivity contribution is 0.0785. The van der Waals surface area contributed by atoms with Crippen molar-refractivity contribution in [3.8, 4) is 0 Å². The highest BCUT2D eigenvalue weighted by atomic mass is 79.9. The van der Waals surface area contributed by atoms with Gasteiger partial charge in [0.1, 0.15) is 0 Å². The van der Waals surface area contributed by atoms with E-state index in [-0.39, 0.29) is 10.8 Å². The van der Waals surface area contributed by atoms with Gasteiger partial charge in [0.05, 0.1) is 4.90 Å². The zero-order valence-electron chi connectivity index (χ0n) is 14.0. The first-order valence-corrected chi connectivity index (χ1v) is 9.96. The Hall–Kier alpha value is -1.41. The molecule has 0 radical (unpaired) electrons. The summed E-state index contributed by atoms with van der Waals surface area (Å²) in [5, 5.41) is 0.629. The first kappa shape index (κ1) is 19.9. The van der Waals surface area contributed by atoms with Crippen molar-refractivity contribution in [1.82, 2.24) is 9.21 Å². The second-order valence-electron chi connectivity index (χ2n) is 5.72. The van der Waals surface area contributed by atoms with Crippen molar-refractivity contribution >= 4 is 43.5 Å². The normalized spacial score (nSPS) is 11.6. The lowest BCUT2D eigenvalue weighted by Gasteiger charge is -2.19. The maximum atomic E-state index is 12.7.